The normalized spacial score (nSPS) is 11.1. The number of benzene rings is 1. The minimum atomic E-state index is -0.0257. The molecular formula is C20H26N4O4. The van der Waals surface area contributed by atoms with Gasteiger partial charge in [-0.05, 0) is 44.4 Å². The molecule has 150 valence electrons. The highest BCUT2D eigenvalue weighted by molar-refractivity contribution is 5.92. The van der Waals surface area contributed by atoms with Gasteiger partial charge >= 0.3 is 0 Å². The van der Waals surface area contributed by atoms with Crippen molar-refractivity contribution in [2.24, 2.45) is 0 Å². The van der Waals surface area contributed by atoms with E-state index >= 15 is 0 Å². The Bertz CT molecular complexity index is 939. The highest BCUT2D eigenvalue weighted by atomic mass is 16.5. The van der Waals surface area contributed by atoms with Crippen LogP contribution in [0.4, 0.5) is 11.6 Å². The molecule has 1 aromatic carbocycles. The molecule has 0 saturated heterocycles. The number of methoxy groups -OCH3 is 2. The largest absolute Gasteiger partial charge is 0.493 e. The topological polar surface area (TPSA) is 90.5 Å². The number of anilines is 2. The lowest BCUT2D eigenvalue weighted by Gasteiger charge is -2.16. The van der Waals surface area contributed by atoms with Crippen molar-refractivity contribution in [2.45, 2.75) is 26.9 Å². The van der Waals surface area contributed by atoms with Crippen molar-refractivity contribution < 1.29 is 18.9 Å². The van der Waals surface area contributed by atoms with Crippen LogP contribution in [0.2, 0.25) is 0 Å². The first-order chi connectivity index (χ1) is 13.5. The van der Waals surface area contributed by atoms with E-state index in [0.717, 1.165) is 16.5 Å². The number of aromatic nitrogens is 3. The number of fused-ring (bicyclic) bond motifs is 1. The summed E-state index contributed by atoms with van der Waals surface area (Å²) < 4.78 is 22.3. The van der Waals surface area contributed by atoms with E-state index in [0.29, 0.717) is 42.2 Å². The van der Waals surface area contributed by atoms with Crippen LogP contribution < -0.4 is 19.5 Å². The van der Waals surface area contributed by atoms with Gasteiger partial charge < -0.3 is 24.3 Å². The molecule has 0 aliphatic carbocycles. The summed E-state index contributed by atoms with van der Waals surface area (Å²) >= 11 is 0. The molecule has 0 spiro atoms. The van der Waals surface area contributed by atoms with E-state index in [1.807, 2.05) is 45.0 Å². The summed E-state index contributed by atoms with van der Waals surface area (Å²) in [4.78, 5) is 4.62. The van der Waals surface area contributed by atoms with Crippen LogP contribution in [-0.4, -0.2) is 48.7 Å². The van der Waals surface area contributed by atoms with E-state index in [1.165, 1.54) is 0 Å². The van der Waals surface area contributed by atoms with Crippen molar-refractivity contribution >= 4 is 22.4 Å². The Morgan fingerprint density at radius 3 is 2.50 bits per heavy atom. The third kappa shape index (κ3) is 4.64. The number of H-pyrrole nitrogens is 1. The van der Waals surface area contributed by atoms with Gasteiger partial charge in [0.1, 0.15) is 12.4 Å². The van der Waals surface area contributed by atoms with Gasteiger partial charge in [-0.2, -0.15) is 10.1 Å². The second kappa shape index (κ2) is 8.79. The summed E-state index contributed by atoms with van der Waals surface area (Å²) in [5.74, 6) is 3.08. The molecule has 0 saturated carbocycles. The van der Waals surface area contributed by atoms with Crippen molar-refractivity contribution in [1.29, 1.82) is 0 Å². The van der Waals surface area contributed by atoms with Crippen LogP contribution in [0.5, 0.6) is 17.4 Å². The molecule has 2 aromatic heterocycles. The molecule has 3 rings (SSSR count). The molecular weight excluding hydrogens is 360 g/mol. The number of aromatic amines is 1. The fourth-order valence-electron chi connectivity index (χ4n) is 2.73. The molecule has 0 bridgehead atoms. The van der Waals surface area contributed by atoms with Crippen molar-refractivity contribution in [3.8, 4) is 17.4 Å². The lowest BCUT2D eigenvalue weighted by atomic mass is 10.1. The molecule has 2 N–H and O–H groups in total. The molecule has 0 amide bonds. The average Bonchev–Trinajstić information content (AvgIpc) is 3.05. The van der Waals surface area contributed by atoms with E-state index in [9.17, 15) is 0 Å². The molecule has 0 fully saturated rings. The van der Waals surface area contributed by atoms with Crippen molar-refractivity contribution in [3.63, 3.8) is 0 Å². The Kier molecular flexibility index (Phi) is 6.20. The van der Waals surface area contributed by atoms with Gasteiger partial charge in [-0.1, -0.05) is 0 Å². The van der Waals surface area contributed by atoms with Gasteiger partial charge in [0.2, 0.25) is 5.88 Å². The average molecular weight is 386 g/mol. The summed E-state index contributed by atoms with van der Waals surface area (Å²) in [6, 6.07) is 7.63. The van der Waals surface area contributed by atoms with E-state index < -0.39 is 0 Å². The molecule has 8 nitrogen and oxygen atoms in total. The number of hydrogen-bond donors (Lipinski definition) is 2. The lowest BCUT2D eigenvalue weighted by molar-refractivity contribution is 0.144. The number of hydrogen-bond acceptors (Lipinski definition) is 7. The van der Waals surface area contributed by atoms with Crippen LogP contribution >= 0.6 is 0 Å². The Balaban J connectivity index is 2.04. The SMILES string of the molecule is COCCOc1cc2cc(Nc3cc(C)[nH]n3)nc(OC(C)C)c2cc1OC. The standard InChI is InChI=1S/C20H26N4O4/c1-12(2)28-20-15-11-16(26-5)17(27-7-6-25-4)9-14(15)10-18(22-20)21-19-8-13(3)23-24-19/h8-12H,6-7H2,1-5H3,(H2,21,22,23,24). The van der Waals surface area contributed by atoms with E-state index in [2.05, 4.69) is 20.5 Å². The van der Waals surface area contributed by atoms with Crippen LogP contribution in [0.1, 0.15) is 19.5 Å². The first-order valence-electron chi connectivity index (χ1n) is 9.10. The highest BCUT2D eigenvalue weighted by Gasteiger charge is 2.15. The fraction of sp³-hybridized carbons (Fsp3) is 0.400. The van der Waals surface area contributed by atoms with Gasteiger partial charge in [0, 0.05) is 24.3 Å². The summed E-state index contributed by atoms with van der Waals surface area (Å²) in [7, 11) is 3.24. The van der Waals surface area contributed by atoms with Crippen LogP contribution in [0.25, 0.3) is 10.8 Å². The first kappa shape index (κ1) is 19.8. The molecule has 2 heterocycles. The van der Waals surface area contributed by atoms with Crippen LogP contribution in [-0.2, 0) is 4.74 Å². The zero-order valence-electron chi connectivity index (χ0n) is 16.8. The second-order valence-electron chi connectivity index (χ2n) is 6.61. The summed E-state index contributed by atoms with van der Waals surface area (Å²) in [5, 5.41) is 12.1. The summed E-state index contributed by atoms with van der Waals surface area (Å²) in [5.41, 5.74) is 0.959. The number of pyridine rings is 1. The molecule has 0 aliphatic heterocycles. The number of nitrogens with zero attached hydrogens (tertiary/aromatic N) is 2. The Hall–Kier alpha value is -3.00. The van der Waals surface area contributed by atoms with E-state index in [1.54, 1.807) is 14.2 Å². The zero-order valence-corrected chi connectivity index (χ0v) is 16.8. The summed E-state index contributed by atoms with van der Waals surface area (Å²) in [6.45, 7) is 6.78. The quantitative estimate of drug-likeness (QED) is 0.540. The smallest absolute Gasteiger partial charge is 0.223 e. The van der Waals surface area contributed by atoms with Crippen molar-refractivity contribution in [3.05, 3.63) is 30.0 Å². The highest BCUT2D eigenvalue weighted by Crippen LogP contribution is 2.37. The Morgan fingerprint density at radius 2 is 1.86 bits per heavy atom. The van der Waals surface area contributed by atoms with Crippen molar-refractivity contribution in [2.75, 3.05) is 32.8 Å². The summed E-state index contributed by atoms with van der Waals surface area (Å²) in [6.07, 6.45) is -0.0257. The third-order valence-electron chi connectivity index (χ3n) is 3.93. The molecule has 0 aliphatic rings. The molecule has 28 heavy (non-hydrogen) atoms. The van der Waals surface area contributed by atoms with Crippen molar-refractivity contribution in [1.82, 2.24) is 15.2 Å². The van der Waals surface area contributed by atoms with Gasteiger partial charge in [-0.25, -0.2) is 0 Å². The van der Waals surface area contributed by atoms with E-state index in [4.69, 9.17) is 18.9 Å². The van der Waals surface area contributed by atoms with Gasteiger partial charge in [0.05, 0.1) is 19.8 Å². The molecule has 0 unspecified atom stereocenters. The first-order valence-corrected chi connectivity index (χ1v) is 9.10. The Labute approximate surface area is 164 Å². The lowest BCUT2D eigenvalue weighted by Crippen LogP contribution is -2.09. The molecule has 0 atom stereocenters. The number of ether oxygens (including phenoxy) is 4. The number of nitrogens with one attached hydrogen (secondary N) is 2. The van der Waals surface area contributed by atoms with Gasteiger partial charge in [-0.15, -0.1) is 0 Å². The van der Waals surface area contributed by atoms with Gasteiger partial charge in [0.15, 0.2) is 17.3 Å². The van der Waals surface area contributed by atoms with Gasteiger partial charge in [0.25, 0.3) is 0 Å². The minimum Gasteiger partial charge on any atom is -0.493 e. The maximum atomic E-state index is 5.95. The number of aryl methyl sites for hydroxylation is 1. The maximum absolute atomic E-state index is 5.95. The van der Waals surface area contributed by atoms with Crippen LogP contribution in [0.3, 0.4) is 0 Å². The van der Waals surface area contributed by atoms with Gasteiger partial charge in [-0.3, -0.25) is 5.10 Å². The maximum Gasteiger partial charge on any atom is 0.223 e. The third-order valence-corrected chi connectivity index (χ3v) is 3.93. The van der Waals surface area contributed by atoms with Crippen LogP contribution in [0, 0.1) is 6.92 Å². The molecule has 8 heteroatoms. The second-order valence-corrected chi connectivity index (χ2v) is 6.61. The molecule has 0 radical (unpaired) electrons. The molecule has 3 aromatic rings. The monoisotopic (exact) mass is 386 g/mol. The zero-order chi connectivity index (χ0) is 20.1. The predicted octanol–water partition coefficient (Wildman–Crippen LogP) is 3.83. The Morgan fingerprint density at radius 1 is 1.04 bits per heavy atom. The predicted molar refractivity (Wildman–Crippen MR) is 108 cm³/mol. The van der Waals surface area contributed by atoms with E-state index in [-0.39, 0.29) is 6.10 Å². The minimum absolute atomic E-state index is 0.0257. The number of rotatable bonds is 9. The fourth-order valence-corrected chi connectivity index (χ4v) is 2.73. The van der Waals surface area contributed by atoms with Crippen LogP contribution in [0.15, 0.2) is 24.3 Å².